The number of aromatic nitrogens is 2. The number of aliphatic carboxylic acids is 1. The maximum absolute atomic E-state index is 12.1. The van der Waals surface area contributed by atoms with Crippen LogP contribution in [-0.4, -0.2) is 40.9 Å². The van der Waals surface area contributed by atoms with E-state index in [2.05, 4.69) is 40.4 Å². The molecule has 0 amide bonds. The van der Waals surface area contributed by atoms with E-state index in [1.54, 1.807) is 13.3 Å². The number of carbonyl (C=O) groups is 1. The zero-order chi connectivity index (χ0) is 23.6. The summed E-state index contributed by atoms with van der Waals surface area (Å²) in [5.41, 5.74) is 4.46. The van der Waals surface area contributed by atoms with Crippen LogP contribution in [0.1, 0.15) is 36.2 Å². The number of amidine groups is 1. The van der Waals surface area contributed by atoms with Crippen molar-refractivity contribution in [3.8, 4) is 17.0 Å². The summed E-state index contributed by atoms with van der Waals surface area (Å²) in [5, 5.41) is 17.0. The quantitative estimate of drug-likeness (QED) is 0.555. The van der Waals surface area contributed by atoms with Gasteiger partial charge in [0.2, 0.25) is 5.88 Å². The van der Waals surface area contributed by atoms with Crippen LogP contribution in [-0.2, 0) is 28.0 Å². The van der Waals surface area contributed by atoms with E-state index in [-0.39, 0.29) is 18.3 Å². The number of rotatable bonds is 7. The summed E-state index contributed by atoms with van der Waals surface area (Å²) in [6.45, 7) is 6.11. The number of nitrogens with zero attached hydrogens (tertiary/aromatic N) is 3. The van der Waals surface area contributed by atoms with Crippen LogP contribution in [0, 0.1) is 6.92 Å². The fourth-order valence-electron chi connectivity index (χ4n) is 4.19. The van der Waals surface area contributed by atoms with Crippen molar-refractivity contribution in [3.05, 3.63) is 59.1 Å². The normalized spacial score (nSPS) is 17.4. The minimum atomic E-state index is -1.74. The van der Waals surface area contributed by atoms with Gasteiger partial charge in [0.25, 0.3) is 11.6 Å². The van der Waals surface area contributed by atoms with Gasteiger partial charge in [-0.15, -0.1) is 0 Å². The second-order valence-electron chi connectivity index (χ2n) is 7.74. The lowest BCUT2D eigenvalue weighted by molar-refractivity contribution is -0.155. The highest BCUT2D eigenvalue weighted by Gasteiger charge is 2.50. The van der Waals surface area contributed by atoms with E-state index in [1.165, 1.54) is 17.9 Å². The van der Waals surface area contributed by atoms with Crippen LogP contribution in [0.5, 0.6) is 5.88 Å². The smallest absolute Gasteiger partial charge is 0.356 e. The number of carboxylic acids is 1. The molecule has 1 aliphatic heterocycles. The van der Waals surface area contributed by atoms with Crippen LogP contribution in [0.4, 0.5) is 5.69 Å². The fourth-order valence-corrected chi connectivity index (χ4v) is 4.19. The van der Waals surface area contributed by atoms with Crippen LogP contribution in [0.25, 0.3) is 11.1 Å². The van der Waals surface area contributed by atoms with Gasteiger partial charge in [-0.3, -0.25) is 0 Å². The molecule has 0 aliphatic carbocycles. The van der Waals surface area contributed by atoms with E-state index in [9.17, 15) is 9.90 Å². The molecule has 1 aromatic carbocycles. The molecule has 1 atom stereocenters. The zero-order valence-electron chi connectivity index (χ0n) is 19.0. The van der Waals surface area contributed by atoms with Crippen molar-refractivity contribution in [2.45, 2.75) is 39.2 Å². The molecule has 1 aliphatic rings. The molecule has 2 aromatic heterocycles. The fraction of sp³-hybridized carbons (Fsp3) is 0.333. The molecule has 1 unspecified atom stereocenters. The minimum absolute atomic E-state index is 0.116. The first kappa shape index (κ1) is 22.3. The number of benzene rings is 1. The molecule has 4 rings (SSSR count). The zero-order valence-corrected chi connectivity index (χ0v) is 19.0. The molecule has 0 radical (unpaired) electrons. The Bertz CT molecular complexity index is 1210. The largest absolute Gasteiger partial charge is 0.481 e. The second kappa shape index (κ2) is 8.93. The third kappa shape index (κ3) is 3.90. The van der Waals surface area contributed by atoms with E-state index in [0.717, 1.165) is 40.8 Å². The van der Waals surface area contributed by atoms with Gasteiger partial charge in [0.05, 0.1) is 12.8 Å². The van der Waals surface area contributed by atoms with E-state index in [4.69, 9.17) is 14.0 Å². The van der Waals surface area contributed by atoms with Crippen molar-refractivity contribution in [1.29, 1.82) is 0 Å². The molecular weight excluding hydrogens is 424 g/mol. The Hall–Kier alpha value is -3.88. The van der Waals surface area contributed by atoms with Gasteiger partial charge < -0.3 is 24.4 Å². The lowest BCUT2D eigenvalue weighted by Gasteiger charge is -2.24. The lowest BCUT2D eigenvalue weighted by atomic mass is 9.90. The molecule has 3 aromatic rings. The standard InChI is InChI=1S/C24H26N4O5/c1-5-15-11-14(3)20(16-7-9-25-19(12-16)31-4)21(17(15)6-2)27-23-26-13-24(33-23,22(29)30)18-8-10-32-28-18/h7-12H,5-6,13H2,1-4H3,(H,26,27)(H,29,30). The summed E-state index contributed by atoms with van der Waals surface area (Å²) in [6, 6.07) is 7.55. The Labute approximate surface area is 191 Å². The van der Waals surface area contributed by atoms with Gasteiger partial charge in [0.1, 0.15) is 18.5 Å². The molecule has 2 N–H and O–H groups in total. The number of aliphatic imine (C=N–C) groups is 1. The molecule has 9 heteroatoms. The van der Waals surface area contributed by atoms with E-state index in [0.29, 0.717) is 5.88 Å². The summed E-state index contributed by atoms with van der Waals surface area (Å²) in [5.74, 6) is -0.689. The van der Waals surface area contributed by atoms with E-state index >= 15 is 0 Å². The first-order valence-corrected chi connectivity index (χ1v) is 10.7. The molecule has 0 bridgehead atoms. The molecule has 3 heterocycles. The SMILES string of the molecule is CCc1cc(C)c(-c2ccnc(OC)c2)c(NC2=NCC(C(=O)O)(c3ccon3)O2)c1CC. The number of carboxylic acid groups (broad SMARTS) is 1. The van der Waals surface area contributed by atoms with Crippen molar-refractivity contribution in [3.63, 3.8) is 0 Å². The highest BCUT2D eigenvalue weighted by atomic mass is 16.6. The third-order valence-electron chi connectivity index (χ3n) is 5.84. The van der Waals surface area contributed by atoms with Crippen LogP contribution >= 0.6 is 0 Å². The number of hydrogen-bond donors (Lipinski definition) is 2. The van der Waals surface area contributed by atoms with Crippen molar-refractivity contribution in [2.75, 3.05) is 19.0 Å². The summed E-state index contributed by atoms with van der Waals surface area (Å²) in [6.07, 6.45) is 4.62. The summed E-state index contributed by atoms with van der Waals surface area (Å²) in [4.78, 5) is 20.7. The van der Waals surface area contributed by atoms with Gasteiger partial charge in [-0.2, -0.15) is 0 Å². The molecular formula is C24H26N4O5. The first-order valence-electron chi connectivity index (χ1n) is 10.7. The molecule has 0 saturated heterocycles. The number of methoxy groups -OCH3 is 1. The average molecular weight is 450 g/mol. The van der Waals surface area contributed by atoms with Crippen LogP contribution in [0.3, 0.4) is 0 Å². The number of nitrogens with one attached hydrogen (secondary N) is 1. The van der Waals surface area contributed by atoms with Gasteiger partial charge in [0.15, 0.2) is 0 Å². The Morgan fingerprint density at radius 1 is 1.27 bits per heavy atom. The lowest BCUT2D eigenvalue weighted by Crippen LogP contribution is -2.40. The number of hydrogen-bond acceptors (Lipinski definition) is 8. The second-order valence-corrected chi connectivity index (χ2v) is 7.74. The maximum atomic E-state index is 12.1. The Morgan fingerprint density at radius 3 is 2.73 bits per heavy atom. The van der Waals surface area contributed by atoms with Gasteiger partial charge in [-0.1, -0.05) is 25.1 Å². The predicted molar refractivity (Wildman–Crippen MR) is 123 cm³/mol. The maximum Gasteiger partial charge on any atom is 0.356 e. The van der Waals surface area contributed by atoms with E-state index in [1.807, 2.05) is 19.1 Å². The van der Waals surface area contributed by atoms with Gasteiger partial charge in [-0.05, 0) is 48.1 Å². The van der Waals surface area contributed by atoms with Crippen molar-refractivity contribution in [1.82, 2.24) is 10.1 Å². The summed E-state index contributed by atoms with van der Waals surface area (Å²) >= 11 is 0. The first-order chi connectivity index (χ1) is 15.9. The van der Waals surface area contributed by atoms with Crippen LogP contribution in [0.15, 0.2) is 46.2 Å². The van der Waals surface area contributed by atoms with Gasteiger partial charge in [0, 0.05) is 23.9 Å². The topological polar surface area (TPSA) is 119 Å². The summed E-state index contributed by atoms with van der Waals surface area (Å²) in [7, 11) is 1.58. The Balaban J connectivity index is 1.80. The number of ether oxygens (including phenoxy) is 2. The van der Waals surface area contributed by atoms with Crippen molar-refractivity contribution in [2.24, 2.45) is 4.99 Å². The number of anilines is 1. The molecule has 0 saturated carbocycles. The Kier molecular flexibility index (Phi) is 6.04. The molecule has 9 nitrogen and oxygen atoms in total. The molecule has 0 fully saturated rings. The number of aryl methyl sites for hydroxylation is 2. The molecule has 33 heavy (non-hydrogen) atoms. The molecule has 172 valence electrons. The number of pyridine rings is 1. The van der Waals surface area contributed by atoms with Crippen LogP contribution < -0.4 is 10.1 Å². The van der Waals surface area contributed by atoms with Crippen molar-refractivity contribution >= 4 is 17.7 Å². The van der Waals surface area contributed by atoms with Gasteiger partial charge >= 0.3 is 5.97 Å². The van der Waals surface area contributed by atoms with E-state index < -0.39 is 11.6 Å². The third-order valence-corrected chi connectivity index (χ3v) is 5.84. The highest BCUT2D eigenvalue weighted by molar-refractivity contribution is 5.99. The monoisotopic (exact) mass is 450 g/mol. The van der Waals surface area contributed by atoms with Gasteiger partial charge in [-0.25, -0.2) is 14.8 Å². The molecule has 0 spiro atoms. The average Bonchev–Trinajstić information content (AvgIpc) is 3.50. The van der Waals surface area contributed by atoms with Crippen molar-refractivity contribution < 1.29 is 23.9 Å². The Morgan fingerprint density at radius 2 is 2.09 bits per heavy atom. The minimum Gasteiger partial charge on any atom is -0.481 e. The van der Waals surface area contributed by atoms with Crippen LogP contribution in [0.2, 0.25) is 0 Å². The summed E-state index contributed by atoms with van der Waals surface area (Å²) < 4.78 is 16.1. The highest BCUT2D eigenvalue weighted by Crippen LogP contribution is 2.39. The predicted octanol–water partition coefficient (Wildman–Crippen LogP) is 3.96.